The van der Waals surface area contributed by atoms with Gasteiger partial charge in [0, 0.05) is 18.1 Å². The summed E-state index contributed by atoms with van der Waals surface area (Å²) in [6, 6.07) is 1.69. The average Bonchev–Trinajstić information content (AvgIpc) is 2.09. The maximum atomic E-state index is 6.15. The van der Waals surface area contributed by atoms with Gasteiger partial charge >= 0.3 is 0 Å². The Hall–Kier alpha value is -0.0800. The molecule has 0 aliphatic heterocycles. The Kier molecular flexibility index (Phi) is 4.20. The van der Waals surface area contributed by atoms with Crippen LogP contribution in [0.4, 0.5) is 0 Å². The van der Waals surface area contributed by atoms with Crippen molar-refractivity contribution < 1.29 is 0 Å². The predicted molar refractivity (Wildman–Crippen MR) is 57.7 cm³/mol. The van der Waals surface area contributed by atoms with Gasteiger partial charge in [-0.25, -0.2) is 0 Å². The van der Waals surface area contributed by atoms with Crippen molar-refractivity contribution in [3.05, 3.63) is 0 Å². The summed E-state index contributed by atoms with van der Waals surface area (Å²) in [6.07, 6.45) is 5.20. The fraction of sp³-hybridized carbons (Fsp3) is 1.00. The first-order chi connectivity index (χ1) is 6.16. The van der Waals surface area contributed by atoms with Gasteiger partial charge in [-0.3, -0.25) is 4.90 Å². The van der Waals surface area contributed by atoms with E-state index in [1.807, 2.05) is 0 Å². The summed E-state index contributed by atoms with van der Waals surface area (Å²) in [5.41, 5.74) is 6.15. The second kappa shape index (κ2) is 4.97. The highest BCUT2D eigenvalue weighted by Gasteiger charge is 2.27. The van der Waals surface area contributed by atoms with E-state index in [1.165, 1.54) is 25.7 Å². The Labute approximate surface area is 82.5 Å². The van der Waals surface area contributed by atoms with Crippen LogP contribution in [0.25, 0.3) is 0 Å². The molecule has 1 saturated carbocycles. The number of nitrogens with two attached hydrogens (primary N) is 1. The minimum Gasteiger partial charge on any atom is -0.326 e. The van der Waals surface area contributed by atoms with Crippen molar-refractivity contribution in [2.75, 3.05) is 6.54 Å². The number of hydrogen-bond acceptors (Lipinski definition) is 2. The molecule has 2 N–H and O–H groups in total. The third-order valence-electron chi connectivity index (χ3n) is 3.24. The molecule has 0 spiro atoms. The Balaban J connectivity index is 2.55. The Bertz CT molecular complexity index is 145. The van der Waals surface area contributed by atoms with Crippen LogP contribution in [0, 0.1) is 0 Å². The first-order valence-corrected chi connectivity index (χ1v) is 5.68. The van der Waals surface area contributed by atoms with Gasteiger partial charge in [-0.1, -0.05) is 19.8 Å². The minimum absolute atomic E-state index is 0.413. The fourth-order valence-corrected chi connectivity index (χ4v) is 2.53. The molecule has 1 rings (SSSR count). The lowest BCUT2D eigenvalue weighted by Gasteiger charge is -2.40. The lowest BCUT2D eigenvalue weighted by atomic mass is 9.89. The van der Waals surface area contributed by atoms with E-state index in [-0.39, 0.29) is 0 Å². The molecule has 2 heteroatoms. The topological polar surface area (TPSA) is 29.3 Å². The summed E-state index contributed by atoms with van der Waals surface area (Å²) in [4.78, 5) is 2.55. The van der Waals surface area contributed by atoms with Crippen LogP contribution >= 0.6 is 0 Å². The normalized spacial score (nSPS) is 30.0. The molecular formula is C11H24N2. The van der Waals surface area contributed by atoms with Crippen LogP contribution in [-0.4, -0.2) is 29.6 Å². The lowest BCUT2D eigenvalue weighted by molar-refractivity contribution is 0.111. The van der Waals surface area contributed by atoms with Crippen LogP contribution in [0.3, 0.4) is 0 Å². The van der Waals surface area contributed by atoms with Gasteiger partial charge in [-0.05, 0) is 33.2 Å². The predicted octanol–water partition coefficient (Wildman–Crippen LogP) is 1.99. The number of rotatable bonds is 3. The molecule has 0 heterocycles. The zero-order chi connectivity index (χ0) is 9.84. The standard InChI is InChI=1S/C11H24N2/c1-4-13(9(2)3)11-8-6-5-7-10(11)12/h9-11H,4-8,12H2,1-3H3. The van der Waals surface area contributed by atoms with Gasteiger partial charge < -0.3 is 5.73 Å². The summed E-state index contributed by atoms with van der Waals surface area (Å²) in [5.74, 6) is 0. The molecule has 13 heavy (non-hydrogen) atoms. The highest BCUT2D eigenvalue weighted by atomic mass is 15.2. The van der Waals surface area contributed by atoms with E-state index in [9.17, 15) is 0 Å². The zero-order valence-corrected chi connectivity index (χ0v) is 9.29. The van der Waals surface area contributed by atoms with Gasteiger partial charge in [0.2, 0.25) is 0 Å². The Morgan fingerprint density at radius 1 is 1.31 bits per heavy atom. The second-order valence-corrected chi connectivity index (χ2v) is 4.44. The van der Waals surface area contributed by atoms with Crippen molar-refractivity contribution in [1.29, 1.82) is 0 Å². The molecule has 1 aliphatic carbocycles. The minimum atomic E-state index is 0.413. The average molecular weight is 184 g/mol. The van der Waals surface area contributed by atoms with Gasteiger partial charge in [0.05, 0.1) is 0 Å². The molecule has 2 nitrogen and oxygen atoms in total. The van der Waals surface area contributed by atoms with Crippen molar-refractivity contribution in [3.8, 4) is 0 Å². The maximum Gasteiger partial charge on any atom is 0.0249 e. The molecule has 1 aliphatic rings. The van der Waals surface area contributed by atoms with Crippen molar-refractivity contribution in [2.45, 2.75) is 64.6 Å². The van der Waals surface area contributed by atoms with Crippen LogP contribution in [0.2, 0.25) is 0 Å². The van der Waals surface area contributed by atoms with Crippen LogP contribution in [0.15, 0.2) is 0 Å². The van der Waals surface area contributed by atoms with Crippen molar-refractivity contribution in [1.82, 2.24) is 4.90 Å². The molecular weight excluding hydrogens is 160 g/mol. The van der Waals surface area contributed by atoms with Gasteiger partial charge in [0.15, 0.2) is 0 Å². The van der Waals surface area contributed by atoms with Crippen LogP contribution in [0.1, 0.15) is 46.5 Å². The van der Waals surface area contributed by atoms with E-state index in [2.05, 4.69) is 25.7 Å². The molecule has 0 radical (unpaired) electrons. The molecule has 0 amide bonds. The molecule has 2 atom stereocenters. The van der Waals surface area contributed by atoms with Crippen LogP contribution in [0.5, 0.6) is 0 Å². The summed E-state index contributed by atoms with van der Waals surface area (Å²) in [7, 11) is 0. The first kappa shape index (κ1) is 11.0. The highest BCUT2D eigenvalue weighted by Crippen LogP contribution is 2.23. The number of likely N-dealkylation sites (N-methyl/N-ethyl adjacent to an activating group) is 1. The summed E-state index contributed by atoms with van der Waals surface area (Å²) < 4.78 is 0. The van der Waals surface area contributed by atoms with Gasteiger partial charge in [0.1, 0.15) is 0 Å². The number of nitrogens with zero attached hydrogens (tertiary/aromatic N) is 1. The smallest absolute Gasteiger partial charge is 0.0249 e. The molecule has 0 bridgehead atoms. The third-order valence-corrected chi connectivity index (χ3v) is 3.24. The van der Waals surface area contributed by atoms with E-state index in [1.54, 1.807) is 0 Å². The fourth-order valence-electron chi connectivity index (χ4n) is 2.53. The van der Waals surface area contributed by atoms with Gasteiger partial charge in [-0.15, -0.1) is 0 Å². The first-order valence-electron chi connectivity index (χ1n) is 5.68. The van der Waals surface area contributed by atoms with Crippen LogP contribution < -0.4 is 5.73 Å². The molecule has 1 fully saturated rings. The zero-order valence-electron chi connectivity index (χ0n) is 9.29. The monoisotopic (exact) mass is 184 g/mol. The molecule has 78 valence electrons. The molecule has 0 aromatic heterocycles. The second-order valence-electron chi connectivity index (χ2n) is 4.44. The van der Waals surface area contributed by atoms with E-state index in [0.29, 0.717) is 18.1 Å². The van der Waals surface area contributed by atoms with E-state index >= 15 is 0 Å². The molecule has 0 saturated heterocycles. The maximum absolute atomic E-state index is 6.15. The van der Waals surface area contributed by atoms with E-state index < -0.39 is 0 Å². The summed E-state index contributed by atoms with van der Waals surface area (Å²) >= 11 is 0. The molecule has 0 aromatic carbocycles. The summed E-state index contributed by atoms with van der Waals surface area (Å²) in [6.45, 7) is 7.91. The van der Waals surface area contributed by atoms with Crippen molar-refractivity contribution in [2.24, 2.45) is 5.73 Å². The summed E-state index contributed by atoms with van der Waals surface area (Å²) in [5, 5.41) is 0. The van der Waals surface area contributed by atoms with Crippen molar-refractivity contribution >= 4 is 0 Å². The quantitative estimate of drug-likeness (QED) is 0.727. The van der Waals surface area contributed by atoms with Gasteiger partial charge in [-0.2, -0.15) is 0 Å². The van der Waals surface area contributed by atoms with Crippen molar-refractivity contribution in [3.63, 3.8) is 0 Å². The highest BCUT2D eigenvalue weighted by molar-refractivity contribution is 4.86. The molecule has 0 aromatic rings. The van der Waals surface area contributed by atoms with E-state index in [0.717, 1.165) is 6.54 Å². The SMILES string of the molecule is CCN(C(C)C)C1CCCCC1N. The van der Waals surface area contributed by atoms with Crippen LogP contribution in [-0.2, 0) is 0 Å². The third kappa shape index (κ3) is 2.68. The lowest BCUT2D eigenvalue weighted by Crippen LogP contribution is -2.51. The molecule has 2 unspecified atom stereocenters. The number of hydrogen-bond donors (Lipinski definition) is 1. The Morgan fingerprint density at radius 2 is 1.92 bits per heavy atom. The van der Waals surface area contributed by atoms with Gasteiger partial charge in [0.25, 0.3) is 0 Å². The largest absolute Gasteiger partial charge is 0.326 e. The Morgan fingerprint density at radius 3 is 2.38 bits per heavy atom. The van der Waals surface area contributed by atoms with E-state index in [4.69, 9.17) is 5.73 Å².